The molecule has 1 amide bonds. The van der Waals surface area contributed by atoms with Crippen molar-refractivity contribution in [2.24, 2.45) is 0 Å². The normalized spacial score (nSPS) is 18.3. The molecule has 0 bridgehead atoms. The molecule has 1 aliphatic rings. The molecule has 1 aliphatic heterocycles. The van der Waals surface area contributed by atoms with E-state index in [0.29, 0.717) is 37.6 Å². The molecule has 2 rings (SSSR count). The van der Waals surface area contributed by atoms with Gasteiger partial charge in [0, 0.05) is 37.2 Å². The SMILES string of the molecule is CCCNC(=O)[C@@H](C)N1CCN(S(=O)(=O)c2ccc(Br)cc2)CC1. The molecule has 0 aromatic heterocycles. The maximum Gasteiger partial charge on any atom is 0.243 e. The molecule has 1 saturated heterocycles. The third-order valence-electron chi connectivity index (χ3n) is 4.20. The molecule has 0 unspecified atom stereocenters. The van der Waals surface area contributed by atoms with E-state index in [9.17, 15) is 13.2 Å². The lowest BCUT2D eigenvalue weighted by atomic mass is 10.2. The van der Waals surface area contributed by atoms with Crippen LogP contribution in [0.3, 0.4) is 0 Å². The second-order valence-corrected chi connectivity index (χ2v) is 8.71. The van der Waals surface area contributed by atoms with Gasteiger partial charge in [0.2, 0.25) is 15.9 Å². The Balaban J connectivity index is 1.96. The van der Waals surface area contributed by atoms with Crippen molar-refractivity contribution in [1.29, 1.82) is 0 Å². The first-order valence-corrected chi connectivity index (χ1v) is 10.4. The van der Waals surface area contributed by atoms with Crippen molar-refractivity contribution in [2.75, 3.05) is 32.7 Å². The van der Waals surface area contributed by atoms with Gasteiger partial charge >= 0.3 is 0 Å². The zero-order valence-electron chi connectivity index (χ0n) is 14.0. The highest BCUT2D eigenvalue weighted by molar-refractivity contribution is 9.10. The lowest BCUT2D eigenvalue weighted by molar-refractivity contribution is -0.126. The predicted octanol–water partition coefficient (Wildman–Crippen LogP) is 1.67. The lowest BCUT2D eigenvalue weighted by Gasteiger charge is -2.36. The molecular formula is C16H24BrN3O3S. The lowest BCUT2D eigenvalue weighted by Crippen LogP contribution is -2.54. The third-order valence-corrected chi connectivity index (χ3v) is 6.64. The highest BCUT2D eigenvalue weighted by Gasteiger charge is 2.31. The molecule has 0 saturated carbocycles. The van der Waals surface area contributed by atoms with Crippen molar-refractivity contribution >= 4 is 31.9 Å². The summed E-state index contributed by atoms with van der Waals surface area (Å²) in [4.78, 5) is 14.4. The molecule has 134 valence electrons. The number of amides is 1. The maximum atomic E-state index is 12.7. The molecule has 1 fully saturated rings. The van der Waals surface area contributed by atoms with Crippen LogP contribution in [0.15, 0.2) is 33.6 Å². The van der Waals surface area contributed by atoms with Crippen molar-refractivity contribution in [3.63, 3.8) is 0 Å². The van der Waals surface area contributed by atoms with Crippen molar-refractivity contribution in [3.05, 3.63) is 28.7 Å². The Bertz CT molecular complexity index is 656. The van der Waals surface area contributed by atoms with Crippen LogP contribution in [0.25, 0.3) is 0 Å². The summed E-state index contributed by atoms with van der Waals surface area (Å²) in [6, 6.07) is 6.42. The van der Waals surface area contributed by atoms with Crippen molar-refractivity contribution in [3.8, 4) is 0 Å². The summed E-state index contributed by atoms with van der Waals surface area (Å²) in [5, 5.41) is 2.89. The highest BCUT2D eigenvalue weighted by Crippen LogP contribution is 2.20. The van der Waals surface area contributed by atoms with Crippen LogP contribution in [-0.2, 0) is 14.8 Å². The minimum absolute atomic E-state index is 0.000988. The van der Waals surface area contributed by atoms with E-state index in [2.05, 4.69) is 21.2 Å². The molecule has 24 heavy (non-hydrogen) atoms. The molecule has 0 aliphatic carbocycles. The van der Waals surface area contributed by atoms with Crippen LogP contribution in [0.1, 0.15) is 20.3 Å². The molecule has 1 heterocycles. The number of carbonyl (C=O) groups is 1. The van der Waals surface area contributed by atoms with Gasteiger partial charge in [0.15, 0.2) is 0 Å². The van der Waals surface area contributed by atoms with Crippen LogP contribution in [0.5, 0.6) is 0 Å². The average molecular weight is 418 g/mol. The van der Waals surface area contributed by atoms with E-state index < -0.39 is 10.0 Å². The number of nitrogens with one attached hydrogen (secondary N) is 1. The number of piperazine rings is 1. The van der Waals surface area contributed by atoms with E-state index in [1.165, 1.54) is 4.31 Å². The Hall–Kier alpha value is -0.960. The Morgan fingerprint density at radius 1 is 1.21 bits per heavy atom. The van der Waals surface area contributed by atoms with Crippen molar-refractivity contribution in [2.45, 2.75) is 31.2 Å². The third kappa shape index (κ3) is 4.56. The quantitative estimate of drug-likeness (QED) is 0.763. The molecule has 1 aromatic carbocycles. The van der Waals surface area contributed by atoms with Gasteiger partial charge in [-0.1, -0.05) is 22.9 Å². The summed E-state index contributed by atoms with van der Waals surface area (Å²) < 4.78 is 27.7. The first-order valence-electron chi connectivity index (χ1n) is 8.13. The Morgan fingerprint density at radius 3 is 2.33 bits per heavy atom. The zero-order valence-corrected chi connectivity index (χ0v) is 16.4. The summed E-state index contributed by atoms with van der Waals surface area (Å²) in [5.41, 5.74) is 0. The summed E-state index contributed by atoms with van der Waals surface area (Å²) in [5.74, 6) is 0.000988. The molecular weight excluding hydrogens is 394 g/mol. The highest BCUT2D eigenvalue weighted by atomic mass is 79.9. The summed E-state index contributed by atoms with van der Waals surface area (Å²) >= 11 is 3.31. The molecule has 0 radical (unpaired) electrons. The van der Waals surface area contributed by atoms with Gasteiger partial charge in [-0.3, -0.25) is 9.69 Å². The van der Waals surface area contributed by atoms with Crippen LogP contribution in [0.2, 0.25) is 0 Å². The van der Waals surface area contributed by atoms with E-state index >= 15 is 0 Å². The second kappa shape index (κ2) is 8.42. The first-order chi connectivity index (χ1) is 11.4. The number of rotatable bonds is 6. The van der Waals surface area contributed by atoms with Crippen molar-refractivity contribution < 1.29 is 13.2 Å². The van der Waals surface area contributed by atoms with Gasteiger partial charge < -0.3 is 5.32 Å². The number of hydrogen-bond donors (Lipinski definition) is 1. The molecule has 8 heteroatoms. The monoisotopic (exact) mass is 417 g/mol. The van der Waals surface area contributed by atoms with Crippen LogP contribution in [0, 0.1) is 0 Å². The molecule has 6 nitrogen and oxygen atoms in total. The van der Waals surface area contributed by atoms with Gasteiger partial charge in [0.05, 0.1) is 10.9 Å². The zero-order chi connectivity index (χ0) is 17.7. The largest absolute Gasteiger partial charge is 0.355 e. The van der Waals surface area contributed by atoms with Crippen LogP contribution < -0.4 is 5.32 Å². The number of halogens is 1. The molecule has 1 atom stereocenters. The fourth-order valence-electron chi connectivity index (χ4n) is 2.65. The maximum absolute atomic E-state index is 12.7. The van der Waals surface area contributed by atoms with Crippen LogP contribution >= 0.6 is 15.9 Å². The fourth-order valence-corrected chi connectivity index (χ4v) is 4.34. The van der Waals surface area contributed by atoms with Gasteiger partial charge in [0.1, 0.15) is 0 Å². The summed E-state index contributed by atoms with van der Waals surface area (Å²) in [6.45, 7) is 6.43. The van der Waals surface area contributed by atoms with Gasteiger partial charge in [-0.15, -0.1) is 0 Å². The minimum atomic E-state index is -3.48. The number of sulfonamides is 1. The van der Waals surface area contributed by atoms with Gasteiger partial charge in [-0.25, -0.2) is 8.42 Å². The summed E-state index contributed by atoms with van der Waals surface area (Å²) in [7, 11) is -3.48. The fraction of sp³-hybridized carbons (Fsp3) is 0.562. The number of hydrogen-bond acceptors (Lipinski definition) is 4. The summed E-state index contributed by atoms with van der Waals surface area (Å²) in [6.07, 6.45) is 0.900. The van der Waals surface area contributed by atoms with E-state index in [-0.39, 0.29) is 11.9 Å². The number of nitrogens with zero attached hydrogens (tertiary/aromatic N) is 2. The molecule has 1 N–H and O–H groups in total. The van der Waals surface area contributed by atoms with Gasteiger partial charge in [0.25, 0.3) is 0 Å². The first kappa shape index (κ1) is 19.4. The van der Waals surface area contributed by atoms with E-state index in [1.54, 1.807) is 24.3 Å². The predicted molar refractivity (Wildman–Crippen MR) is 97.2 cm³/mol. The molecule has 1 aromatic rings. The molecule has 0 spiro atoms. The number of benzene rings is 1. The Kier molecular flexibility index (Phi) is 6.79. The average Bonchev–Trinajstić information content (AvgIpc) is 2.59. The van der Waals surface area contributed by atoms with E-state index in [1.807, 2.05) is 18.7 Å². The Morgan fingerprint density at radius 2 is 1.79 bits per heavy atom. The van der Waals surface area contributed by atoms with Crippen LogP contribution in [0.4, 0.5) is 0 Å². The van der Waals surface area contributed by atoms with Crippen molar-refractivity contribution in [1.82, 2.24) is 14.5 Å². The van der Waals surface area contributed by atoms with E-state index in [4.69, 9.17) is 0 Å². The van der Waals surface area contributed by atoms with Gasteiger partial charge in [-0.2, -0.15) is 4.31 Å². The van der Waals surface area contributed by atoms with E-state index in [0.717, 1.165) is 10.9 Å². The van der Waals surface area contributed by atoms with Crippen LogP contribution in [-0.4, -0.2) is 62.3 Å². The Labute approximate surface area is 152 Å². The van der Waals surface area contributed by atoms with Gasteiger partial charge in [-0.05, 0) is 37.6 Å². The standard InChI is InChI=1S/C16H24BrN3O3S/c1-3-8-18-16(21)13(2)19-9-11-20(12-10-19)24(22,23)15-6-4-14(17)5-7-15/h4-7,13H,3,8-12H2,1-2H3,(H,18,21)/t13-/m1/s1. The second-order valence-electron chi connectivity index (χ2n) is 5.86. The topological polar surface area (TPSA) is 69.7 Å². The minimum Gasteiger partial charge on any atom is -0.355 e. The number of carbonyl (C=O) groups excluding carboxylic acids is 1. The smallest absolute Gasteiger partial charge is 0.243 e.